The molecule has 2 rings (SSSR count). The number of hydrogen-bond acceptors (Lipinski definition) is 3. The van der Waals surface area contributed by atoms with Gasteiger partial charge in [-0.05, 0) is 30.3 Å². The number of aromatic carboxylic acids is 1. The fourth-order valence-electron chi connectivity index (χ4n) is 1.65. The van der Waals surface area contributed by atoms with Crippen LogP contribution >= 0.6 is 0 Å². The summed E-state index contributed by atoms with van der Waals surface area (Å²) >= 11 is 0. The SMILES string of the molecule is N#Cc1cc(Nc2c(F)cc(C(=O)O)cc2F)ccc1F. The lowest BCUT2D eigenvalue weighted by atomic mass is 10.1. The van der Waals surface area contributed by atoms with Gasteiger partial charge < -0.3 is 10.4 Å². The average molecular weight is 292 g/mol. The number of hydrogen-bond donors (Lipinski definition) is 2. The summed E-state index contributed by atoms with van der Waals surface area (Å²) in [5.41, 5.74) is -1.32. The number of carbonyl (C=O) groups is 1. The molecule has 0 saturated heterocycles. The van der Waals surface area contributed by atoms with E-state index >= 15 is 0 Å². The molecule has 0 unspecified atom stereocenters. The zero-order valence-electron chi connectivity index (χ0n) is 10.3. The number of nitriles is 1. The molecule has 0 spiro atoms. The standard InChI is InChI=1S/C14H7F3N2O2/c15-10-2-1-9(3-8(10)6-18)19-13-11(16)4-7(14(20)21)5-12(13)17/h1-5,19H,(H,20,21). The molecule has 0 fully saturated rings. The Labute approximate surface area is 117 Å². The molecule has 0 aromatic heterocycles. The third kappa shape index (κ3) is 2.95. The van der Waals surface area contributed by atoms with Crippen LogP contribution in [0.25, 0.3) is 0 Å². The van der Waals surface area contributed by atoms with Crippen molar-refractivity contribution in [2.45, 2.75) is 0 Å². The van der Waals surface area contributed by atoms with E-state index in [-0.39, 0.29) is 11.3 Å². The fourth-order valence-corrected chi connectivity index (χ4v) is 1.65. The minimum Gasteiger partial charge on any atom is -0.478 e. The highest BCUT2D eigenvalue weighted by molar-refractivity contribution is 5.88. The smallest absolute Gasteiger partial charge is 0.335 e. The van der Waals surface area contributed by atoms with Crippen molar-refractivity contribution in [1.82, 2.24) is 0 Å². The van der Waals surface area contributed by atoms with E-state index in [1.807, 2.05) is 0 Å². The van der Waals surface area contributed by atoms with Gasteiger partial charge in [0.2, 0.25) is 0 Å². The third-order valence-corrected chi connectivity index (χ3v) is 2.65. The van der Waals surface area contributed by atoms with Gasteiger partial charge in [-0.15, -0.1) is 0 Å². The molecule has 0 aliphatic heterocycles. The van der Waals surface area contributed by atoms with Crippen molar-refractivity contribution in [3.8, 4) is 6.07 Å². The largest absolute Gasteiger partial charge is 0.478 e. The lowest BCUT2D eigenvalue weighted by molar-refractivity contribution is 0.0696. The first-order chi connectivity index (χ1) is 9.92. The Balaban J connectivity index is 2.41. The molecule has 2 N–H and O–H groups in total. The van der Waals surface area contributed by atoms with Crippen LogP contribution in [0.1, 0.15) is 15.9 Å². The first-order valence-electron chi connectivity index (χ1n) is 5.61. The van der Waals surface area contributed by atoms with Crippen LogP contribution in [0.4, 0.5) is 24.5 Å². The Morgan fingerprint density at radius 1 is 1.10 bits per heavy atom. The maximum Gasteiger partial charge on any atom is 0.335 e. The number of carboxylic acid groups (broad SMARTS) is 1. The molecular weight excluding hydrogens is 285 g/mol. The van der Waals surface area contributed by atoms with Crippen molar-refractivity contribution in [3.05, 3.63) is 58.9 Å². The van der Waals surface area contributed by atoms with E-state index in [9.17, 15) is 18.0 Å². The van der Waals surface area contributed by atoms with Crippen molar-refractivity contribution >= 4 is 17.3 Å². The molecule has 0 aliphatic rings. The molecule has 0 heterocycles. The summed E-state index contributed by atoms with van der Waals surface area (Å²) in [6.07, 6.45) is 0. The number of nitrogens with zero attached hydrogens (tertiary/aromatic N) is 1. The van der Waals surface area contributed by atoms with Crippen molar-refractivity contribution in [3.63, 3.8) is 0 Å². The van der Waals surface area contributed by atoms with E-state index in [2.05, 4.69) is 5.32 Å². The highest BCUT2D eigenvalue weighted by Gasteiger charge is 2.15. The van der Waals surface area contributed by atoms with Crippen molar-refractivity contribution in [2.75, 3.05) is 5.32 Å². The topological polar surface area (TPSA) is 73.1 Å². The van der Waals surface area contributed by atoms with Crippen LogP contribution in [0.2, 0.25) is 0 Å². The van der Waals surface area contributed by atoms with Crippen LogP contribution in [-0.4, -0.2) is 11.1 Å². The summed E-state index contributed by atoms with van der Waals surface area (Å²) in [5, 5.41) is 19.7. The number of rotatable bonds is 3. The summed E-state index contributed by atoms with van der Waals surface area (Å²) < 4.78 is 40.6. The van der Waals surface area contributed by atoms with Crippen LogP contribution in [0.5, 0.6) is 0 Å². The van der Waals surface area contributed by atoms with E-state index in [0.717, 1.165) is 12.1 Å². The number of benzene rings is 2. The van der Waals surface area contributed by atoms with E-state index in [1.54, 1.807) is 6.07 Å². The summed E-state index contributed by atoms with van der Waals surface area (Å²) in [7, 11) is 0. The highest BCUT2D eigenvalue weighted by Crippen LogP contribution is 2.26. The van der Waals surface area contributed by atoms with Crippen molar-refractivity contribution in [1.29, 1.82) is 5.26 Å². The second-order valence-corrected chi connectivity index (χ2v) is 4.05. The molecule has 106 valence electrons. The molecule has 0 bridgehead atoms. The maximum atomic E-state index is 13.7. The van der Waals surface area contributed by atoms with Crippen molar-refractivity contribution in [2.24, 2.45) is 0 Å². The monoisotopic (exact) mass is 292 g/mol. The second-order valence-electron chi connectivity index (χ2n) is 4.05. The molecule has 7 heteroatoms. The van der Waals surface area contributed by atoms with Gasteiger partial charge in [-0.2, -0.15) is 5.26 Å². The Kier molecular flexibility index (Phi) is 3.80. The number of nitrogens with one attached hydrogen (secondary N) is 1. The molecule has 0 radical (unpaired) electrons. The number of halogens is 3. The van der Waals surface area contributed by atoms with Crippen molar-refractivity contribution < 1.29 is 23.1 Å². The molecule has 2 aromatic rings. The summed E-state index contributed by atoms with van der Waals surface area (Å²) in [4.78, 5) is 10.7. The molecular formula is C14H7F3N2O2. The Hall–Kier alpha value is -3.01. The molecule has 0 saturated carbocycles. The van der Waals surface area contributed by atoms with Gasteiger partial charge in [0.15, 0.2) is 11.6 Å². The van der Waals surface area contributed by atoms with E-state index in [4.69, 9.17) is 10.4 Å². The van der Waals surface area contributed by atoms with Gasteiger partial charge >= 0.3 is 5.97 Å². The quantitative estimate of drug-likeness (QED) is 0.909. The van der Waals surface area contributed by atoms with Crippen LogP contribution in [0, 0.1) is 28.8 Å². The van der Waals surface area contributed by atoms with Gasteiger partial charge in [0, 0.05) is 5.69 Å². The first-order valence-corrected chi connectivity index (χ1v) is 5.61. The first kappa shape index (κ1) is 14.4. The van der Waals surface area contributed by atoms with Crippen LogP contribution in [0.3, 0.4) is 0 Å². The van der Waals surface area contributed by atoms with E-state index in [1.165, 1.54) is 6.07 Å². The molecule has 4 nitrogen and oxygen atoms in total. The minimum atomic E-state index is -1.46. The maximum absolute atomic E-state index is 13.7. The molecule has 0 amide bonds. The van der Waals surface area contributed by atoms with Gasteiger partial charge in [-0.3, -0.25) is 0 Å². The van der Waals surface area contributed by atoms with Gasteiger partial charge in [-0.25, -0.2) is 18.0 Å². The van der Waals surface area contributed by atoms with E-state index < -0.39 is 34.7 Å². The van der Waals surface area contributed by atoms with Gasteiger partial charge in [-0.1, -0.05) is 0 Å². The molecule has 0 atom stereocenters. The number of anilines is 2. The molecule has 2 aromatic carbocycles. The predicted octanol–water partition coefficient (Wildman–Crippen LogP) is 3.42. The zero-order chi connectivity index (χ0) is 15.6. The Morgan fingerprint density at radius 2 is 1.71 bits per heavy atom. The average Bonchev–Trinajstić information content (AvgIpc) is 2.44. The lowest BCUT2D eigenvalue weighted by Crippen LogP contribution is -2.03. The van der Waals surface area contributed by atoms with Crippen LogP contribution in [0.15, 0.2) is 30.3 Å². The van der Waals surface area contributed by atoms with Crippen LogP contribution in [-0.2, 0) is 0 Å². The minimum absolute atomic E-state index is 0.0915. The Morgan fingerprint density at radius 3 is 2.24 bits per heavy atom. The van der Waals surface area contributed by atoms with Gasteiger partial charge in [0.05, 0.1) is 11.1 Å². The predicted molar refractivity (Wildman–Crippen MR) is 67.7 cm³/mol. The lowest BCUT2D eigenvalue weighted by Gasteiger charge is -2.10. The third-order valence-electron chi connectivity index (χ3n) is 2.65. The highest BCUT2D eigenvalue weighted by atomic mass is 19.1. The Bertz CT molecular complexity index is 746. The van der Waals surface area contributed by atoms with Crippen LogP contribution < -0.4 is 5.32 Å². The normalized spacial score (nSPS) is 10.0. The van der Waals surface area contributed by atoms with E-state index in [0.29, 0.717) is 12.1 Å². The molecule has 0 aliphatic carbocycles. The molecule has 21 heavy (non-hydrogen) atoms. The summed E-state index contributed by atoms with van der Waals surface area (Å²) in [6.45, 7) is 0. The number of carboxylic acids is 1. The summed E-state index contributed by atoms with van der Waals surface area (Å²) in [5.74, 6) is -4.46. The van der Waals surface area contributed by atoms with Gasteiger partial charge in [0.1, 0.15) is 17.6 Å². The zero-order valence-corrected chi connectivity index (χ0v) is 10.3. The fraction of sp³-hybridized carbons (Fsp3) is 0. The second kappa shape index (κ2) is 5.54. The summed E-state index contributed by atoms with van der Waals surface area (Å²) in [6, 6.07) is 6.16. The van der Waals surface area contributed by atoms with Gasteiger partial charge in [0.25, 0.3) is 0 Å².